The maximum absolute atomic E-state index is 6.71. The lowest BCUT2D eigenvalue weighted by molar-refractivity contribution is 0.221. The summed E-state index contributed by atoms with van der Waals surface area (Å²) < 4.78 is 6.55. The number of aryl methyl sites for hydroxylation is 1. The first kappa shape index (κ1) is 20.2. The molecule has 5 heteroatoms. The lowest BCUT2D eigenvalue weighted by Gasteiger charge is -2.28. The summed E-state index contributed by atoms with van der Waals surface area (Å²) in [5, 5.41) is 0.605. The Morgan fingerprint density at radius 3 is 2.52 bits per heavy atom. The van der Waals surface area contributed by atoms with Crippen LogP contribution in [0.1, 0.15) is 30.6 Å². The fourth-order valence-corrected chi connectivity index (χ4v) is 3.91. The minimum atomic E-state index is -0.302. The van der Waals surface area contributed by atoms with E-state index in [0.29, 0.717) is 6.54 Å². The van der Waals surface area contributed by atoms with Crippen molar-refractivity contribution in [3.8, 4) is 0 Å². The number of benzene rings is 2. The number of rotatable bonds is 6. The van der Waals surface area contributed by atoms with Gasteiger partial charge in [-0.25, -0.2) is 0 Å². The van der Waals surface area contributed by atoms with Crippen LogP contribution in [0.4, 0.5) is 0 Å². The minimum absolute atomic E-state index is 0.116. The van der Waals surface area contributed by atoms with Crippen LogP contribution in [0.5, 0.6) is 0 Å². The first-order chi connectivity index (χ1) is 13.0. The summed E-state index contributed by atoms with van der Waals surface area (Å²) >= 11 is 13.1. The molecule has 2 unspecified atom stereocenters. The Hall–Kier alpha value is -1.52. The van der Waals surface area contributed by atoms with Gasteiger partial charge in [0.05, 0.1) is 11.5 Å². The zero-order valence-electron chi connectivity index (χ0n) is 15.7. The molecule has 140 valence electrons. The molecule has 0 radical (unpaired) electrons. The van der Waals surface area contributed by atoms with Crippen molar-refractivity contribution in [2.45, 2.75) is 31.7 Å². The Morgan fingerprint density at radius 2 is 1.89 bits per heavy atom. The number of nitrogens with two attached hydrogens (primary N) is 1. The van der Waals surface area contributed by atoms with Crippen LogP contribution >= 0.6 is 23.2 Å². The molecular weight excluding hydrogens is 376 g/mol. The SMILES string of the molecule is CC1=CC=C(B(OC(CN)c2ccccc2)c2ccc(C)c(Cl)c2)C(Cl)C1. The second-order valence-electron chi connectivity index (χ2n) is 7.01. The van der Waals surface area contributed by atoms with E-state index in [9.17, 15) is 0 Å². The van der Waals surface area contributed by atoms with Gasteiger partial charge in [0.1, 0.15) is 0 Å². The molecule has 2 aromatic rings. The van der Waals surface area contributed by atoms with E-state index in [-0.39, 0.29) is 18.4 Å². The van der Waals surface area contributed by atoms with E-state index in [0.717, 1.165) is 33.5 Å². The zero-order valence-corrected chi connectivity index (χ0v) is 17.2. The summed E-state index contributed by atoms with van der Waals surface area (Å²) in [6.07, 6.45) is 4.77. The van der Waals surface area contributed by atoms with Gasteiger partial charge in [-0.1, -0.05) is 71.8 Å². The second-order valence-corrected chi connectivity index (χ2v) is 7.95. The van der Waals surface area contributed by atoms with Crippen LogP contribution in [0.2, 0.25) is 5.02 Å². The van der Waals surface area contributed by atoms with Gasteiger partial charge in [0, 0.05) is 11.6 Å². The summed E-state index contributed by atoms with van der Waals surface area (Å²) in [7, 11) is 0. The summed E-state index contributed by atoms with van der Waals surface area (Å²) in [5.74, 6) is 0. The molecule has 1 aliphatic rings. The summed E-state index contributed by atoms with van der Waals surface area (Å²) in [6, 6.07) is 16.1. The molecule has 2 nitrogen and oxygen atoms in total. The lowest BCUT2D eigenvalue weighted by atomic mass is 9.52. The Labute approximate surface area is 172 Å². The highest BCUT2D eigenvalue weighted by molar-refractivity contribution is 6.75. The molecule has 0 heterocycles. The molecule has 2 N–H and O–H groups in total. The van der Waals surface area contributed by atoms with Crippen LogP contribution in [0, 0.1) is 6.92 Å². The summed E-state index contributed by atoms with van der Waals surface area (Å²) in [4.78, 5) is 0. The molecule has 0 spiro atoms. The average molecular weight is 400 g/mol. The monoisotopic (exact) mass is 399 g/mol. The van der Waals surface area contributed by atoms with E-state index in [1.165, 1.54) is 5.57 Å². The first-order valence-electron chi connectivity index (χ1n) is 9.17. The van der Waals surface area contributed by atoms with E-state index < -0.39 is 0 Å². The number of allylic oxidation sites excluding steroid dienone is 4. The third-order valence-corrected chi connectivity index (χ3v) is 5.72. The molecule has 0 fully saturated rings. The van der Waals surface area contributed by atoms with Crippen LogP contribution in [-0.2, 0) is 4.65 Å². The Balaban J connectivity index is 2.00. The van der Waals surface area contributed by atoms with Gasteiger partial charge >= 0.3 is 6.92 Å². The molecule has 1 aliphatic carbocycles. The maximum atomic E-state index is 6.71. The molecule has 27 heavy (non-hydrogen) atoms. The summed E-state index contributed by atoms with van der Waals surface area (Å²) in [6.45, 7) is 4.16. The van der Waals surface area contributed by atoms with Crippen molar-refractivity contribution < 1.29 is 4.65 Å². The minimum Gasteiger partial charge on any atom is -0.419 e. The molecule has 2 aromatic carbocycles. The number of halogens is 2. The van der Waals surface area contributed by atoms with Crippen molar-refractivity contribution in [2.24, 2.45) is 5.73 Å². The third-order valence-electron chi connectivity index (χ3n) is 4.91. The summed E-state index contributed by atoms with van der Waals surface area (Å²) in [5.41, 5.74) is 11.4. The molecule has 0 saturated heterocycles. The fourth-order valence-electron chi connectivity index (χ4n) is 3.29. The van der Waals surface area contributed by atoms with Crippen molar-refractivity contribution in [3.05, 3.63) is 87.9 Å². The average Bonchev–Trinajstić information content (AvgIpc) is 2.67. The molecule has 0 aromatic heterocycles. The topological polar surface area (TPSA) is 35.2 Å². The third kappa shape index (κ3) is 4.86. The van der Waals surface area contributed by atoms with Gasteiger partial charge in [0.2, 0.25) is 0 Å². The second kappa shape index (κ2) is 9.12. The van der Waals surface area contributed by atoms with Crippen molar-refractivity contribution in [3.63, 3.8) is 0 Å². The van der Waals surface area contributed by atoms with Gasteiger partial charge in [-0.05, 0) is 48.4 Å². The van der Waals surface area contributed by atoms with Gasteiger partial charge in [-0.3, -0.25) is 0 Å². The van der Waals surface area contributed by atoms with Crippen molar-refractivity contribution in [2.75, 3.05) is 6.54 Å². The van der Waals surface area contributed by atoms with Crippen molar-refractivity contribution in [1.29, 1.82) is 0 Å². The van der Waals surface area contributed by atoms with Gasteiger partial charge < -0.3 is 10.4 Å². The van der Waals surface area contributed by atoms with E-state index in [2.05, 4.69) is 25.1 Å². The van der Waals surface area contributed by atoms with Gasteiger partial charge in [-0.15, -0.1) is 11.6 Å². The molecular formula is C22H24BCl2NO. The fraction of sp³-hybridized carbons (Fsp3) is 0.273. The quantitative estimate of drug-likeness (QED) is 0.548. The first-order valence-corrected chi connectivity index (χ1v) is 9.99. The molecule has 0 aliphatic heterocycles. The predicted octanol–water partition coefficient (Wildman–Crippen LogP) is 4.99. The number of alkyl halides is 1. The Morgan fingerprint density at radius 1 is 1.15 bits per heavy atom. The van der Waals surface area contributed by atoms with Crippen LogP contribution < -0.4 is 11.2 Å². The molecule has 2 atom stereocenters. The normalized spacial score (nSPS) is 17.9. The van der Waals surface area contributed by atoms with Gasteiger partial charge in [0.15, 0.2) is 0 Å². The van der Waals surface area contributed by atoms with Gasteiger partial charge in [-0.2, -0.15) is 0 Å². The van der Waals surface area contributed by atoms with E-state index in [1.807, 2.05) is 49.4 Å². The Bertz CT molecular complexity index is 851. The van der Waals surface area contributed by atoms with E-state index in [4.69, 9.17) is 33.6 Å². The van der Waals surface area contributed by atoms with Crippen LogP contribution in [0.3, 0.4) is 0 Å². The number of hydrogen-bond acceptors (Lipinski definition) is 2. The van der Waals surface area contributed by atoms with E-state index >= 15 is 0 Å². The lowest BCUT2D eigenvalue weighted by Crippen LogP contribution is -2.42. The molecule has 3 rings (SSSR count). The van der Waals surface area contributed by atoms with Crippen molar-refractivity contribution in [1.82, 2.24) is 0 Å². The number of hydrogen-bond donors (Lipinski definition) is 1. The smallest absolute Gasteiger partial charge is 0.359 e. The highest BCUT2D eigenvalue weighted by Gasteiger charge is 2.32. The van der Waals surface area contributed by atoms with E-state index in [1.54, 1.807) is 0 Å². The maximum Gasteiger partial charge on any atom is 0.359 e. The zero-order chi connectivity index (χ0) is 19.4. The molecule has 0 amide bonds. The predicted molar refractivity (Wildman–Crippen MR) is 117 cm³/mol. The highest BCUT2D eigenvalue weighted by atomic mass is 35.5. The standard InChI is InChI=1S/C22H24BCl2NO/c1-15-8-11-19(21(25)12-15)23(18-10-9-16(2)20(24)13-18)27-22(14-26)17-6-4-3-5-7-17/h3-11,13,21-22H,12,14,26H2,1-2H3. The van der Waals surface area contributed by atoms with Crippen molar-refractivity contribution >= 4 is 35.6 Å². The van der Waals surface area contributed by atoms with Crippen LogP contribution in [-0.4, -0.2) is 18.8 Å². The van der Waals surface area contributed by atoms with Crippen LogP contribution in [0.15, 0.2) is 71.7 Å². The molecule has 0 bridgehead atoms. The van der Waals surface area contributed by atoms with Crippen LogP contribution in [0.25, 0.3) is 0 Å². The molecule has 0 saturated carbocycles. The highest BCUT2D eigenvalue weighted by Crippen LogP contribution is 2.29. The van der Waals surface area contributed by atoms with Gasteiger partial charge in [0.25, 0.3) is 0 Å². The largest absolute Gasteiger partial charge is 0.419 e. The Kier molecular flexibility index (Phi) is 6.83.